The highest BCUT2D eigenvalue weighted by Crippen LogP contribution is 2.15. The first-order valence-corrected chi connectivity index (χ1v) is 23.2. The van der Waals surface area contributed by atoms with Gasteiger partial charge in [-0.3, -0.25) is 14.4 Å². The Morgan fingerprint density at radius 3 is 1.02 bits per heavy atom. The summed E-state index contributed by atoms with van der Waals surface area (Å²) in [6.07, 6.45) is 44.8. The minimum absolute atomic E-state index is 0.0680. The van der Waals surface area contributed by atoms with Crippen LogP contribution in [0.3, 0.4) is 0 Å². The monoisotopic (exact) mass is 749 g/mol. The van der Waals surface area contributed by atoms with Gasteiger partial charge in [-0.25, -0.2) is 0 Å². The molecule has 0 saturated carbocycles. The highest BCUT2D eigenvalue weighted by molar-refractivity contribution is 5.71. The molecule has 0 aromatic rings. The van der Waals surface area contributed by atoms with Crippen molar-refractivity contribution in [2.24, 2.45) is 0 Å². The van der Waals surface area contributed by atoms with Crippen LogP contribution < -0.4 is 0 Å². The third kappa shape index (κ3) is 41.2. The van der Waals surface area contributed by atoms with E-state index < -0.39 is 6.10 Å². The Balaban J connectivity index is 4.31. The van der Waals surface area contributed by atoms with E-state index in [0.29, 0.717) is 19.3 Å². The van der Waals surface area contributed by atoms with Gasteiger partial charge in [-0.1, -0.05) is 206 Å². The van der Waals surface area contributed by atoms with E-state index in [1.165, 1.54) is 141 Å². The van der Waals surface area contributed by atoms with E-state index in [2.05, 4.69) is 32.9 Å². The van der Waals surface area contributed by atoms with Crippen LogP contribution in [0.1, 0.15) is 252 Å². The van der Waals surface area contributed by atoms with Gasteiger partial charge >= 0.3 is 17.9 Å². The molecule has 0 aromatic carbocycles. The number of hydrogen-bond acceptors (Lipinski definition) is 6. The second-order valence-electron chi connectivity index (χ2n) is 15.7. The van der Waals surface area contributed by atoms with Crippen LogP contribution in [0.25, 0.3) is 0 Å². The van der Waals surface area contributed by atoms with Crippen LogP contribution in [0.5, 0.6) is 0 Å². The minimum Gasteiger partial charge on any atom is -0.462 e. The maximum atomic E-state index is 12.7. The average Bonchev–Trinajstić information content (AvgIpc) is 3.15. The topological polar surface area (TPSA) is 78.9 Å². The first-order chi connectivity index (χ1) is 26.0. The lowest BCUT2D eigenvalue weighted by molar-refractivity contribution is -0.167. The molecular formula is C47H88O6. The van der Waals surface area contributed by atoms with E-state index in [4.69, 9.17) is 14.2 Å². The Hall–Kier alpha value is -1.85. The van der Waals surface area contributed by atoms with Crippen molar-refractivity contribution in [3.05, 3.63) is 12.2 Å². The van der Waals surface area contributed by atoms with E-state index in [0.717, 1.165) is 70.6 Å². The summed E-state index contributed by atoms with van der Waals surface area (Å²) in [6.45, 7) is 6.57. The number of carbonyl (C=O) groups excluding carboxylic acids is 3. The van der Waals surface area contributed by atoms with Crippen LogP contribution in [-0.4, -0.2) is 37.2 Å². The third-order valence-corrected chi connectivity index (χ3v) is 10.3. The molecule has 312 valence electrons. The Morgan fingerprint density at radius 2 is 0.660 bits per heavy atom. The molecule has 1 atom stereocenters. The normalized spacial score (nSPS) is 12.0. The first-order valence-electron chi connectivity index (χ1n) is 23.2. The highest BCUT2D eigenvalue weighted by Gasteiger charge is 2.19. The molecule has 0 N–H and O–H groups in total. The second kappa shape index (κ2) is 42.9. The predicted octanol–water partition coefficient (Wildman–Crippen LogP) is 14.6. The van der Waals surface area contributed by atoms with E-state index in [1.54, 1.807) is 0 Å². The van der Waals surface area contributed by atoms with Crippen molar-refractivity contribution < 1.29 is 28.6 Å². The summed E-state index contributed by atoms with van der Waals surface area (Å²) in [4.78, 5) is 37.7. The molecule has 0 aliphatic rings. The molecule has 0 bridgehead atoms. The summed E-state index contributed by atoms with van der Waals surface area (Å²) < 4.78 is 16.7. The van der Waals surface area contributed by atoms with Gasteiger partial charge in [0.15, 0.2) is 6.10 Å². The van der Waals surface area contributed by atoms with Crippen LogP contribution in [0.2, 0.25) is 0 Å². The van der Waals surface area contributed by atoms with Crippen molar-refractivity contribution in [3.8, 4) is 0 Å². The first kappa shape index (κ1) is 51.1. The molecular weight excluding hydrogens is 661 g/mol. The number of ether oxygens (including phenoxy) is 3. The van der Waals surface area contributed by atoms with Crippen molar-refractivity contribution in [2.75, 3.05) is 13.2 Å². The van der Waals surface area contributed by atoms with Gasteiger partial charge in [0.25, 0.3) is 0 Å². The Bertz CT molecular complexity index is 824. The van der Waals surface area contributed by atoms with Crippen molar-refractivity contribution in [1.29, 1.82) is 0 Å². The molecule has 6 heteroatoms. The van der Waals surface area contributed by atoms with Gasteiger partial charge in [-0.15, -0.1) is 0 Å². The molecule has 0 aromatic heterocycles. The maximum absolute atomic E-state index is 12.7. The minimum atomic E-state index is -0.764. The molecule has 0 radical (unpaired) electrons. The summed E-state index contributed by atoms with van der Waals surface area (Å²) >= 11 is 0. The number of esters is 3. The van der Waals surface area contributed by atoms with Gasteiger partial charge < -0.3 is 14.2 Å². The SMILES string of the molecule is CCC/C=C\CCCCCCCC(=O)OCC(COC(=O)CCCCCCCCCCCCCCCC)OC(=O)CCCCCCCCCCCCC. The second-order valence-corrected chi connectivity index (χ2v) is 15.7. The summed E-state index contributed by atoms with van der Waals surface area (Å²) in [6, 6.07) is 0. The zero-order valence-electron chi connectivity index (χ0n) is 35.6. The van der Waals surface area contributed by atoms with Gasteiger partial charge in [0.05, 0.1) is 0 Å². The lowest BCUT2D eigenvalue weighted by atomic mass is 10.0. The van der Waals surface area contributed by atoms with Gasteiger partial charge in [0.2, 0.25) is 0 Å². The van der Waals surface area contributed by atoms with Crippen molar-refractivity contribution in [3.63, 3.8) is 0 Å². The molecule has 0 rings (SSSR count). The standard InChI is InChI=1S/C47H88O6/c1-4-7-10-13-16-19-22-23-24-26-28-31-34-37-40-46(49)52-43-44(42-51-45(48)39-36-33-30-27-21-18-15-12-9-6-3)53-47(50)41-38-35-32-29-25-20-17-14-11-8-5-2/h12,15,44H,4-11,13-14,16-43H2,1-3H3/b15-12-. The van der Waals surface area contributed by atoms with Gasteiger partial charge in [0, 0.05) is 19.3 Å². The van der Waals surface area contributed by atoms with E-state index in [9.17, 15) is 14.4 Å². The van der Waals surface area contributed by atoms with Crippen LogP contribution in [0.4, 0.5) is 0 Å². The smallest absolute Gasteiger partial charge is 0.306 e. The Kier molecular flexibility index (Phi) is 41.4. The maximum Gasteiger partial charge on any atom is 0.306 e. The van der Waals surface area contributed by atoms with Crippen molar-refractivity contribution in [2.45, 2.75) is 258 Å². The number of unbranched alkanes of at least 4 members (excludes halogenated alkanes) is 29. The van der Waals surface area contributed by atoms with Crippen LogP contribution in [0, 0.1) is 0 Å². The molecule has 0 saturated heterocycles. The molecule has 6 nitrogen and oxygen atoms in total. The van der Waals surface area contributed by atoms with Crippen LogP contribution in [0.15, 0.2) is 12.2 Å². The number of rotatable bonds is 42. The molecule has 1 unspecified atom stereocenters. The zero-order valence-corrected chi connectivity index (χ0v) is 35.6. The molecule has 53 heavy (non-hydrogen) atoms. The van der Waals surface area contributed by atoms with E-state index in [1.807, 2.05) is 0 Å². The summed E-state index contributed by atoms with van der Waals surface area (Å²) in [5.74, 6) is -0.871. The Morgan fingerprint density at radius 1 is 0.358 bits per heavy atom. The van der Waals surface area contributed by atoms with Crippen LogP contribution in [-0.2, 0) is 28.6 Å². The lowest BCUT2D eigenvalue weighted by Gasteiger charge is -2.18. The van der Waals surface area contributed by atoms with Gasteiger partial charge in [0.1, 0.15) is 13.2 Å². The summed E-state index contributed by atoms with van der Waals surface area (Å²) in [5, 5.41) is 0. The number of allylic oxidation sites excluding steroid dienone is 2. The van der Waals surface area contributed by atoms with Gasteiger partial charge in [-0.2, -0.15) is 0 Å². The van der Waals surface area contributed by atoms with Crippen molar-refractivity contribution in [1.82, 2.24) is 0 Å². The quantitative estimate of drug-likeness (QED) is 0.0268. The Labute approximate surface area is 329 Å². The average molecular weight is 749 g/mol. The molecule has 0 amide bonds. The number of carbonyl (C=O) groups is 3. The molecule has 0 heterocycles. The largest absolute Gasteiger partial charge is 0.462 e. The fourth-order valence-electron chi connectivity index (χ4n) is 6.74. The fraction of sp³-hybridized carbons (Fsp3) is 0.894. The molecule has 0 aliphatic heterocycles. The van der Waals surface area contributed by atoms with Crippen LogP contribution >= 0.6 is 0 Å². The highest BCUT2D eigenvalue weighted by atomic mass is 16.6. The molecule has 0 fully saturated rings. The van der Waals surface area contributed by atoms with E-state index >= 15 is 0 Å². The zero-order chi connectivity index (χ0) is 38.7. The van der Waals surface area contributed by atoms with E-state index in [-0.39, 0.29) is 31.1 Å². The lowest BCUT2D eigenvalue weighted by Crippen LogP contribution is -2.30. The molecule has 0 spiro atoms. The fourth-order valence-corrected chi connectivity index (χ4v) is 6.74. The van der Waals surface area contributed by atoms with Gasteiger partial charge in [-0.05, 0) is 38.5 Å². The predicted molar refractivity (Wildman–Crippen MR) is 224 cm³/mol. The summed E-state index contributed by atoms with van der Waals surface area (Å²) in [7, 11) is 0. The third-order valence-electron chi connectivity index (χ3n) is 10.3. The summed E-state index contributed by atoms with van der Waals surface area (Å²) in [5.41, 5.74) is 0. The molecule has 0 aliphatic carbocycles. The van der Waals surface area contributed by atoms with Crippen molar-refractivity contribution >= 4 is 17.9 Å². The number of hydrogen-bond donors (Lipinski definition) is 0.